The van der Waals surface area contributed by atoms with Gasteiger partial charge in [0.1, 0.15) is 6.54 Å². The smallest absolute Gasteiger partial charge is 0.334 e. The van der Waals surface area contributed by atoms with Crippen LogP contribution in [0.25, 0.3) is 0 Å². The van der Waals surface area contributed by atoms with Gasteiger partial charge in [0.2, 0.25) is 5.91 Å². The third-order valence-corrected chi connectivity index (χ3v) is 5.04. The molecule has 3 rings (SSSR count). The molecular weight excluding hydrogens is 382 g/mol. The van der Waals surface area contributed by atoms with Gasteiger partial charge >= 0.3 is 17.8 Å². The molecule has 1 saturated heterocycles. The lowest BCUT2D eigenvalue weighted by molar-refractivity contribution is -0.144. The topological polar surface area (TPSA) is 86.8 Å². The normalized spacial score (nSPS) is 14.0. The predicted molar refractivity (Wildman–Crippen MR) is 111 cm³/mol. The Labute approximate surface area is 175 Å². The van der Waals surface area contributed by atoms with Crippen LogP contribution in [0.3, 0.4) is 0 Å². The van der Waals surface area contributed by atoms with E-state index in [-0.39, 0.29) is 12.5 Å². The van der Waals surface area contributed by atoms with E-state index >= 15 is 0 Å². The van der Waals surface area contributed by atoms with E-state index in [0.29, 0.717) is 24.3 Å². The van der Waals surface area contributed by atoms with Crippen LogP contribution in [0.1, 0.15) is 36.8 Å². The van der Waals surface area contributed by atoms with E-state index in [2.05, 4.69) is 29.6 Å². The molecule has 0 unspecified atom stereocenters. The molecule has 2 aromatic rings. The third kappa shape index (κ3) is 4.74. The number of rotatable bonds is 9. The van der Waals surface area contributed by atoms with Gasteiger partial charge in [0.05, 0.1) is 0 Å². The quantitative estimate of drug-likeness (QED) is 0.511. The molecule has 7 heteroatoms. The second-order valence-corrected chi connectivity index (χ2v) is 7.14. The first kappa shape index (κ1) is 21.2. The van der Waals surface area contributed by atoms with E-state index in [1.807, 2.05) is 36.4 Å². The van der Waals surface area contributed by atoms with E-state index in [0.717, 1.165) is 16.0 Å². The van der Waals surface area contributed by atoms with E-state index in [1.165, 1.54) is 0 Å². The lowest BCUT2D eigenvalue weighted by atomic mass is 9.88. The van der Waals surface area contributed by atoms with Gasteiger partial charge in [-0.25, -0.2) is 9.69 Å². The van der Waals surface area contributed by atoms with Crippen LogP contribution in [0.5, 0.6) is 0 Å². The predicted octanol–water partition coefficient (Wildman–Crippen LogP) is 2.53. The number of amides is 5. The number of carbonyl (C=O) groups excluding carboxylic acids is 4. The Morgan fingerprint density at radius 2 is 1.40 bits per heavy atom. The summed E-state index contributed by atoms with van der Waals surface area (Å²) in [7, 11) is 0. The molecule has 0 aromatic heterocycles. The number of urea groups is 1. The zero-order chi connectivity index (χ0) is 21.5. The SMILES string of the molecule is CCCN1C(=O)C(=O)N(CC(=O)NCCC(c2ccccc2)c2ccccc2)C1=O. The van der Waals surface area contributed by atoms with Crippen molar-refractivity contribution in [3.8, 4) is 0 Å². The Balaban J connectivity index is 1.59. The van der Waals surface area contributed by atoms with Crippen molar-refractivity contribution >= 4 is 23.8 Å². The molecule has 1 aliphatic heterocycles. The fourth-order valence-electron chi connectivity index (χ4n) is 3.56. The van der Waals surface area contributed by atoms with E-state index < -0.39 is 30.3 Å². The van der Waals surface area contributed by atoms with Crippen LogP contribution in [0.15, 0.2) is 60.7 Å². The van der Waals surface area contributed by atoms with Gasteiger partial charge in [-0.15, -0.1) is 0 Å². The summed E-state index contributed by atoms with van der Waals surface area (Å²) in [6, 6.07) is 19.3. The van der Waals surface area contributed by atoms with Crippen molar-refractivity contribution in [3.63, 3.8) is 0 Å². The van der Waals surface area contributed by atoms with Crippen molar-refractivity contribution in [3.05, 3.63) is 71.8 Å². The van der Waals surface area contributed by atoms with Gasteiger partial charge in [-0.1, -0.05) is 67.6 Å². The Morgan fingerprint density at radius 1 is 0.867 bits per heavy atom. The maximum atomic E-state index is 12.3. The maximum absolute atomic E-state index is 12.3. The molecule has 1 N–H and O–H groups in total. The van der Waals surface area contributed by atoms with E-state index in [1.54, 1.807) is 6.92 Å². The monoisotopic (exact) mass is 407 g/mol. The largest absolute Gasteiger partial charge is 0.355 e. The van der Waals surface area contributed by atoms with Crippen LogP contribution in [-0.2, 0) is 14.4 Å². The summed E-state index contributed by atoms with van der Waals surface area (Å²) in [5.74, 6) is -2.19. The molecule has 5 amide bonds. The average Bonchev–Trinajstić information content (AvgIpc) is 2.96. The van der Waals surface area contributed by atoms with E-state index in [9.17, 15) is 19.2 Å². The van der Waals surface area contributed by atoms with Crippen LogP contribution in [0.4, 0.5) is 4.79 Å². The number of hydrogen-bond acceptors (Lipinski definition) is 4. The van der Waals surface area contributed by atoms with Gasteiger partial charge in [-0.3, -0.25) is 19.3 Å². The molecule has 0 bridgehead atoms. The van der Waals surface area contributed by atoms with Crippen molar-refractivity contribution in [2.75, 3.05) is 19.6 Å². The van der Waals surface area contributed by atoms with Crippen molar-refractivity contribution < 1.29 is 19.2 Å². The Morgan fingerprint density at radius 3 is 1.93 bits per heavy atom. The molecule has 0 atom stereocenters. The molecule has 30 heavy (non-hydrogen) atoms. The average molecular weight is 407 g/mol. The molecule has 156 valence electrons. The molecule has 7 nitrogen and oxygen atoms in total. The van der Waals surface area contributed by atoms with Crippen molar-refractivity contribution in [2.45, 2.75) is 25.7 Å². The van der Waals surface area contributed by atoms with Crippen LogP contribution in [0.2, 0.25) is 0 Å². The molecule has 0 saturated carbocycles. The Hall–Kier alpha value is -3.48. The molecule has 1 fully saturated rings. The summed E-state index contributed by atoms with van der Waals surface area (Å²) in [4.78, 5) is 50.1. The molecule has 0 spiro atoms. The minimum absolute atomic E-state index is 0.101. The van der Waals surface area contributed by atoms with Crippen LogP contribution in [-0.4, -0.2) is 53.2 Å². The Bertz CT molecular complexity index is 875. The first-order valence-corrected chi connectivity index (χ1v) is 10.1. The zero-order valence-electron chi connectivity index (χ0n) is 16.9. The number of carbonyl (C=O) groups is 4. The van der Waals surface area contributed by atoms with Gasteiger partial charge in [-0.2, -0.15) is 0 Å². The molecule has 0 aliphatic carbocycles. The number of imide groups is 2. The molecule has 0 radical (unpaired) electrons. The van der Waals surface area contributed by atoms with Crippen LogP contribution < -0.4 is 5.32 Å². The van der Waals surface area contributed by atoms with Crippen molar-refractivity contribution in [1.29, 1.82) is 0 Å². The summed E-state index contributed by atoms with van der Waals surface area (Å²) in [6.07, 6.45) is 1.20. The van der Waals surface area contributed by atoms with Crippen molar-refractivity contribution in [2.24, 2.45) is 0 Å². The summed E-state index contributed by atoms with van der Waals surface area (Å²) >= 11 is 0. The van der Waals surface area contributed by atoms with Crippen LogP contribution >= 0.6 is 0 Å². The highest BCUT2D eigenvalue weighted by Crippen LogP contribution is 2.27. The van der Waals surface area contributed by atoms with Gasteiger partial charge in [0.25, 0.3) is 0 Å². The number of benzene rings is 2. The fraction of sp³-hybridized carbons (Fsp3) is 0.304. The first-order valence-electron chi connectivity index (χ1n) is 10.1. The summed E-state index contributed by atoms with van der Waals surface area (Å²) in [5.41, 5.74) is 2.28. The molecule has 1 aliphatic rings. The maximum Gasteiger partial charge on any atom is 0.334 e. The summed E-state index contributed by atoms with van der Waals surface area (Å²) < 4.78 is 0. The highest BCUT2D eigenvalue weighted by Gasteiger charge is 2.44. The molecular formula is C23H25N3O4. The summed E-state index contributed by atoms with van der Waals surface area (Å²) in [5, 5.41) is 2.77. The number of nitrogens with zero attached hydrogens (tertiary/aromatic N) is 2. The minimum Gasteiger partial charge on any atom is -0.355 e. The Kier molecular flexibility index (Phi) is 6.95. The molecule has 2 aromatic carbocycles. The van der Waals surface area contributed by atoms with Gasteiger partial charge in [0, 0.05) is 19.0 Å². The van der Waals surface area contributed by atoms with Gasteiger partial charge in [0.15, 0.2) is 0 Å². The lowest BCUT2D eigenvalue weighted by Gasteiger charge is -2.19. The standard InChI is InChI=1S/C23H25N3O4/c1-2-15-25-21(28)22(29)26(23(25)30)16-20(27)24-14-13-19(17-9-5-3-6-10-17)18-11-7-4-8-12-18/h3-12,19H,2,13-16H2,1H3,(H,24,27). The zero-order valence-corrected chi connectivity index (χ0v) is 16.9. The molecule has 1 heterocycles. The second kappa shape index (κ2) is 9.82. The first-order chi connectivity index (χ1) is 14.5. The van der Waals surface area contributed by atoms with Crippen molar-refractivity contribution in [1.82, 2.24) is 15.1 Å². The van der Waals surface area contributed by atoms with Crippen LogP contribution in [0, 0.1) is 0 Å². The number of nitrogens with one attached hydrogen (secondary N) is 1. The summed E-state index contributed by atoms with van der Waals surface area (Å²) in [6.45, 7) is 1.88. The highest BCUT2D eigenvalue weighted by molar-refractivity contribution is 6.45. The fourth-order valence-corrected chi connectivity index (χ4v) is 3.56. The number of hydrogen-bond donors (Lipinski definition) is 1. The van der Waals surface area contributed by atoms with Gasteiger partial charge in [-0.05, 0) is 24.0 Å². The third-order valence-electron chi connectivity index (χ3n) is 5.04. The second-order valence-electron chi connectivity index (χ2n) is 7.14. The van der Waals surface area contributed by atoms with E-state index in [4.69, 9.17) is 0 Å². The minimum atomic E-state index is -0.949. The van der Waals surface area contributed by atoms with Gasteiger partial charge < -0.3 is 5.32 Å². The highest BCUT2D eigenvalue weighted by atomic mass is 16.2. The lowest BCUT2D eigenvalue weighted by Crippen LogP contribution is -2.42.